The minimum atomic E-state index is -0.543. The molecule has 0 bridgehead atoms. The molecule has 0 aliphatic carbocycles. The summed E-state index contributed by atoms with van der Waals surface area (Å²) in [6.07, 6.45) is 2.40. The Hall–Kier alpha value is -4.16. The average Bonchev–Trinajstić information content (AvgIpc) is 3.43. The van der Waals surface area contributed by atoms with Crippen molar-refractivity contribution in [3.63, 3.8) is 0 Å². The molecule has 2 aromatic carbocycles. The standard InChI is InChI=1S/C32H33ClFN5O3/c1-21(2)39(32(41)42-27-10-8-26(34)9-11-27)29-20-38(19-28(29)23-4-6-25(33)7-5-23)31(40)24-13-15-37(16-14-24)30-12-3-22(17-35)18-36-30/h3-12,18,21,24,28-29H,13-16,19-20H2,1-2H3/t28-,29+/m0/s1. The van der Waals surface area contributed by atoms with E-state index >= 15 is 0 Å². The Labute approximate surface area is 250 Å². The lowest BCUT2D eigenvalue weighted by Crippen LogP contribution is -2.50. The highest BCUT2D eigenvalue weighted by molar-refractivity contribution is 6.30. The van der Waals surface area contributed by atoms with Crippen LogP contribution in [0.15, 0.2) is 66.9 Å². The molecule has 0 spiro atoms. The molecule has 2 fully saturated rings. The van der Waals surface area contributed by atoms with Crippen LogP contribution in [0.3, 0.4) is 0 Å². The number of halogens is 2. The van der Waals surface area contributed by atoms with Gasteiger partial charge in [-0.05, 0) is 80.8 Å². The SMILES string of the molecule is CC(C)N(C(=O)Oc1ccc(F)cc1)[C@@H]1CN(C(=O)C2CCN(c3ccc(C#N)cn3)CC2)C[C@H]1c1ccc(Cl)cc1. The van der Waals surface area contributed by atoms with Crippen molar-refractivity contribution in [3.05, 3.63) is 88.8 Å². The molecule has 5 rings (SSSR count). The predicted octanol–water partition coefficient (Wildman–Crippen LogP) is 5.87. The monoisotopic (exact) mass is 589 g/mol. The first-order chi connectivity index (χ1) is 20.2. The number of ether oxygens (including phenoxy) is 1. The molecule has 3 heterocycles. The topological polar surface area (TPSA) is 89.8 Å². The van der Waals surface area contributed by atoms with Crippen LogP contribution < -0.4 is 9.64 Å². The van der Waals surface area contributed by atoms with Crippen molar-refractivity contribution >= 4 is 29.4 Å². The number of nitriles is 1. The van der Waals surface area contributed by atoms with Crippen molar-refractivity contribution in [1.29, 1.82) is 5.26 Å². The summed E-state index contributed by atoms with van der Waals surface area (Å²) < 4.78 is 19.1. The summed E-state index contributed by atoms with van der Waals surface area (Å²) in [6.45, 7) is 6.06. The van der Waals surface area contributed by atoms with Crippen LogP contribution in [0.25, 0.3) is 0 Å². The van der Waals surface area contributed by atoms with Gasteiger partial charge in [-0.15, -0.1) is 0 Å². The lowest BCUT2D eigenvalue weighted by molar-refractivity contribution is -0.135. The number of hydrogen-bond acceptors (Lipinski definition) is 6. The lowest BCUT2D eigenvalue weighted by atomic mass is 9.92. The Morgan fingerprint density at radius 1 is 1.05 bits per heavy atom. The number of nitrogens with zero attached hydrogens (tertiary/aromatic N) is 5. The molecular formula is C32H33ClFN5O3. The minimum absolute atomic E-state index is 0.0829. The van der Waals surface area contributed by atoms with Crippen LogP contribution in [0, 0.1) is 23.1 Å². The normalized spacial score (nSPS) is 19.0. The number of hydrogen-bond donors (Lipinski definition) is 0. The molecule has 2 aliphatic rings. The second-order valence-corrected chi connectivity index (χ2v) is 11.5. The first-order valence-corrected chi connectivity index (χ1v) is 14.5. The largest absolute Gasteiger partial charge is 0.415 e. The van der Waals surface area contributed by atoms with Crippen LogP contribution in [-0.2, 0) is 4.79 Å². The van der Waals surface area contributed by atoms with Crippen LogP contribution >= 0.6 is 11.6 Å². The average molecular weight is 590 g/mol. The van der Waals surface area contributed by atoms with Gasteiger partial charge in [0.2, 0.25) is 5.91 Å². The van der Waals surface area contributed by atoms with Crippen LogP contribution in [0.5, 0.6) is 5.75 Å². The zero-order valence-electron chi connectivity index (χ0n) is 23.6. The zero-order chi connectivity index (χ0) is 29.8. The van der Waals surface area contributed by atoms with E-state index in [1.807, 2.05) is 49.1 Å². The molecule has 0 radical (unpaired) electrons. The summed E-state index contributed by atoms with van der Waals surface area (Å²) in [4.78, 5) is 37.5. The van der Waals surface area contributed by atoms with Crippen molar-refractivity contribution in [3.8, 4) is 11.8 Å². The molecule has 8 nitrogen and oxygen atoms in total. The third-order valence-corrected chi connectivity index (χ3v) is 8.34. The molecule has 10 heteroatoms. The van der Waals surface area contributed by atoms with Gasteiger partial charge >= 0.3 is 6.09 Å². The van der Waals surface area contributed by atoms with Gasteiger partial charge in [-0.25, -0.2) is 14.2 Å². The van der Waals surface area contributed by atoms with E-state index in [1.54, 1.807) is 17.2 Å². The molecule has 0 N–H and O–H groups in total. The summed E-state index contributed by atoms with van der Waals surface area (Å²) in [6, 6.07) is 18.0. The molecule has 1 aromatic heterocycles. The Bertz CT molecular complexity index is 1430. The van der Waals surface area contributed by atoms with E-state index in [0.29, 0.717) is 49.6 Å². The number of benzene rings is 2. The fraction of sp³-hybridized carbons (Fsp3) is 0.375. The highest BCUT2D eigenvalue weighted by Gasteiger charge is 2.44. The van der Waals surface area contributed by atoms with Gasteiger partial charge in [0.25, 0.3) is 0 Å². The van der Waals surface area contributed by atoms with Gasteiger partial charge in [-0.3, -0.25) is 9.69 Å². The van der Waals surface area contributed by atoms with Crippen molar-refractivity contribution in [2.24, 2.45) is 5.92 Å². The minimum Gasteiger partial charge on any atom is -0.410 e. The number of carbonyl (C=O) groups is 2. The summed E-state index contributed by atoms with van der Waals surface area (Å²) in [5, 5.41) is 9.65. The van der Waals surface area contributed by atoms with E-state index in [2.05, 4.69) is 16.0 Å². The summed E-state index contributed by atoms with van der Waals surface area (Å²) in [5.74, 6) is 0.447. The Morgan fingerprint density at radius 2 is 1.74 bits per heavy atom. The first kappa shape index (κ1) is 29.3. The van der Waals surface area contributed by atoms with Crippen LogP contribution in [-0.4, -0.2) is 65.0 Å². The molecule has 0 saturated carbocycles. The quantitative estimate of drug-likeness (QED) is 0.357. The maximum atomic E-state index is 13.9. The number of piperidine rings is 1. The fourth-order valence-corrected chi connectivity index (χ4v) is 6.05. The number of amides is 2. The number of anilines is 1. The van der Waals surface area contributed by atoms with Gasteiger partial charge in [-0.2, -0.15) is 5.26 Å². The molecule has 2 saturated heterocycles. The molecule has 3 aromatic rings. The molecule has 2 amide bonds. The number of likely N-dealkylation sites (tertiary alicyclic amines) is 1. The molecule has 2 aliphatic heterocycles. The molecule has 218 valence electrons. The zero-order valence-corrected chi connectivity index (χ0v) is 24.4. The first-order valence-electron chi connectivity index (χ1n) is 14.1. The smallest absolute Gasteiger partial charge is 0.410 e. The van der Waals surface area contributed by atoms with E-state index in [9.17, 15) is 14.0 Å². The van der Waals surface area contributed by atoms with Crippen molar-refractivity contribution < 1.29 is 18.7 Å². The molecule has 42 heavy (non-hydrogen) atoms. The van der Waals surface area contributed by atoms with Crippen molar-refractivity contribution in [2.75, 3.05) is 31.1 Å². The van der Waals surface area contributed by atoms with E-state index in [-0.39, 0.29) is 35.6 Å². The van der Waals surface area contributed by atoms with Gasteiger partial charge in [0, 0.05) is 55.3 Å². The van der Waals surface area contributed by atoms with Crippen molar-refractivity contribution in [2.45, 2.75) is 44.7 Å². The summed E-state index contributed by atoms with van der Waals surface area (Å²) in [5.41, 5.74) is 1.50. The van der Waals surface area contributed by atoms with Crippen molar-refractivity contribution in [1.82, 2.24) is 14.8 Å². The van der Waals surface area contributed by atoms with Gasteiger partial charge in [0.15, 0.2) is 0 Å². The Morgan fingerprint density at radius 3 is 2.33 bits per heavy atom. The van der Waals surface area contributed by atoms with E-state index in [4.69, 9.17) is 21.6 Å². The fourth-order valence-electron chi connectivity index (χ4n) is 5.92. The number of rotatable bonds is 6. The van der Waals surface area contributed by atoms with E-state index in [1.165, 1.54) is 24.3 Å². The molecular weight excluding hydrogens is 557 g/mol. The van der Waals surface area contributed by atoms with Gasteiger partial charge < -0.3 is 14.5 Å². The van der Waals surface area contributed by atoms with E-state index in [0.717, 1.165) is 11.4 Å². The second-order valence-electron chi connectivity index (χ2n) is 11.1. The van der Waals surface area contributed by atoms with Gasteiger partial charge in [0.1, 0.15) is 23.5 Å². The third-order valence-electron chi connectivity index (χ3n) is 8.09. The molecule has 2 atom stereocenters. The number of aromatic nitrogens is 1. The maximum Gasteiger partial charge on any atom is 0.415 e. The highest BCUT2D eigenvalue weighted by atomic mass is 35.5. The Balaban J connectivity index is 1.32. The van der Waals surface area contributed by atoms with Gasteiger partial charge in [-0.1, -0.05) is 23.7 Å². The summed E-state index contributed by atoms with van der Waals surface area (Å²) >= 11 is 6.17. The predicted molar refractivity (Wildman–Crippen MR) is 158 cm³/mol. The Kier molecular flexibility index (Phi) is 8.93. The second kappa shape index (κ2) is 12.8. The van der Waals surface area contributed by atoms with Crippen LogP contribution in [0.4, 0.5) is 15.0 Å². The number of carbonyl (C=O) groups excluding carboxylic acids is 2. The number of pyridine rings is 1. The summed E-state index contributed by atoms with van der Waals surface area (Å²) in [7, 11) is 0. The van der Waals surface area contributed by atoms with E-state index < -0.39 is 11.9 Å². The lowest BCUT2D eigenvalue weighted by Gasteiger charge is -2.35. The maximum absolute atomic E-state index is 13.9. The van der Waals surface area contributed by atoms with Crippen LogP contribution in [0.1, 0.15) is 43.7 Å². The van der Waals surface area contributed by atoms with Crippen LogP contribution in [0.2, 0.25) is 5.02 Å². The van der Waals surface area contributed by atoms with Gasteiger partial charge in [0.05, 0.1) is 11.6 Å². The highest BCUT2D eigenvalue weighted by Crippen LogP contribution is 2.35. The molecule has 0 unspecified atom stereocenters. The third kappa shape index (κ3) is 6.50.